The molecule has 0 spiro atoms. The Bertz CT molecular complexity index is 317. The molecular formula is C10H18O8. The van der Waals surface area contributed by atoms with Crippen molar-refractivity contribution in [2.24, 2.45) is 0 Å². The minimum absolute atomic E-state index is 0.390. The predicted molar refractivity (Wildman–Crippen MR) is 56.4 cm³/mol. The fraction of sp³-hybridized carbons (Fsp3) is 0.900. The first-order valence-electron chi connectivity index (χ1n) is 5.46. The molecule has 0 aromatic rings. The molecule has 0 aliphatic carbocycles. The van der Waals surface area contributed by atoms with Gasteiger partial charge in [0.2, 0.25) is 5.79 Å². The summed E-state index contributed by atoms with van der Waals surface area (Å²) in [4.78, 5) is 10.4. The van der Waals surface area contributed by atoms with E-state index in [1.165, 1.54) is 0 Å². The average molecular weight is 266 g/mol. The lowest BCUT2D eigenvalue weighted by Gasteiger charge is -2.48. The van der Waals surface area contributed by atoms with Crippen molar-refractivity contribution in [3.05, 3.63) is 0 Å². The van der Waals surface area contributed by atoms with Crippen LogP contribution in [0.25, 0.3) is 0 Å². The van der Waals surface area contributed by atoms with E-state index in [1.807, 2.05) is 0 Å². The van der Waals surface area contributed by atoms with Crippen molar-refractivity contribution in [2.75, 3.05) is 6.61 Å². The average Bonchev–Trinajstić information content (AvgIpc) is 2.29. The zero-order valence-corrected chi connectivity index (χ0v) is 9.85. The number of carbonyl (C=O) groups is 1. The molecule has 0 bridgehead atoms. The Labute approximate surface area is 103 Å². The summed E-state index contributed by atoms with van der Waals surface area (Å²) in [7, 11) is 0. The second kappa shape index (κ2) is 5.08. The zero-order chi connectivity index (χ0) is 14.1. The van der Waals surface area contributed by atoms with Crippen LogP contribution in [0.2, 0.25) is 0 Å². The van der Waals surface area contributed by atoms with Gasteiger partial charge in [-0.15, -0.1) is 0 Å². The van der Waals surface area contributed by atoms with Gasteiger partial charge in [-0.1, -0.05) is 0 Å². The molecule has 0 aromatic heterocycles. The second-order valence-corrected chi connectivity index (χ2v) is 4.68. The molecule has 1 rings (SSSR count). The van der Waals surface area contributed by atoms with E-state index in [9.17, 15) is 30.3 Å². The first kappa shape index (κ1) is 15.3. The zero-order valence-electron chi connectivity index (χ0n) is 9.85. The maximum atomic E-state index is 10.4. The van der Waals surface area contributed by atoms with E-state index < -0.39 is 55.1 Å². The minimum Gasteiger partial charge on any atom is -0.481 e. The highest BCUT2D eigenvalue weighted by Crippen LogP contribution is 2.36. The third kappa shape index (κ3) is 2.63. The summed E-state index contributed by atoms with van der Waals surface area (Å²) in [5, 5.41) is 57.0. The van der Waals surface area contributed by atoms with Crippen LogP contribution in [0.5, 0.6) is 0 Å². The Morgan fingerprint density at radius 3 is 2.50 bits per heavy atom. The summed E-state index contributed by atoms with van der Waals surface area (Å²) < 4.78 is 4.81. The van der Waals surface area contributed by atoms with Crippen molar-refractivity contribution in [3.63, 3.8) is 0 Å². The molecule has 8 nitrogen and oxygen atoms in total. The van der Waals surface area contributed by atoms with Crippen molar-refractivity contribution in [1.82, 2.24) is 0 Å². The maximum absolute atomic E-state index is 10.4. The molecule has 1 saturated heterocycles. The van der Waals surface area contributed by atoms with Crippen molar-refractivity contribution in [2.45, 2.75) is 49.5 Å². The number of aliphatic carboxylic acids is 1. The van der Waals surface area contributed by atoms with E-state index in [1.54, 1.807) is 0 Å². The standard InChI is InChI=1S/C10H18O8/c1-9(16,3-2-6(12)13)10(17)8(15)7(14)5(11)4-18-10/h5,7-8,11,14-17H,2-4H2,1H3,(H,12,13)/t5-,7+,8-,9?,10+/m1/s1. The number of aliphatic hydroxyl groups is 5. The molecule has 106 valence electrons. The number of ether oxygens (including phenoxy) is 1. The molecule has 0 saturated carbocycles. The molecule has 18 heavy (non-hydrogen) atoms. The van der Waals surface area contributed by atoms with Crippen molar-refractivity contribution in [1.29, 1.82) is 0 Å². The smallest absolute Gasteiger partial charge is 0.303 e. The lowest BCUT2D eigenvalue weighted by atomic mass is 9.81. The summed E-state index contributed by atoms with van der Waals surface area (Å²) in [6.45, 7) is 0.599. The Hall–Kier alpha value is -0.770. The Morgan fingerprint density at radius 1 is 1.44 bits per heavy atom. The highest BCUT2D eigenvalue weighted by molar-refractivity contribution is 5.66. The van der Waals surface area contributed by atoms with Crippen LogP contribution in [-0.2, 0) is 9.53 Å². The molecule has 1 aliphatic heterocycles. The fourth-order valence-corrected chi connectivity index (χ4v) is 1.84. The van der Waals surface area contributed by atoms with Crippen LogP contribution in [0.1, 0.15) is 19.8 Å². The molecule has 5 atom stereocenters. The van der Waals surface area contributed by atoms with Gasteiger partial charge in [0, 0.05) is 6.42 Å². The highest BCUT2D eigenvalue weighted by Gasteiger charge is 2.58. The molecule has 1 heterocycles. The summed E-state index contributed by atoms with van der Waals surface area (Å²) in [5.41, 5.74) is -2.09. The summed E-state index contributed by atoms with van der Waals surface area (Å²) in [6, 6.07) is 0. The third-order valence-electron chi connectivity index (χ3n) is 3.19. The van der Waals surface area contributed by atoms with Crippen LogP contribution in [0, 0.1) is 0 Å². The largest absolute Gasteiger partial charge is 0.481 e. The monoisotopic (exact) mass is 266 g/mol. The molecular weight excluding hydrogens is 248 g/mol. The van der Waals surface area contributed by atoms with Crippen LogP contribution in [-0.4, -0.2) is 72.9 Å². The molecule has 1 aliphatic rings. The maximum Gasteiger partial charge on any atom is 0.303 e. The van der Waals surface area contributed by atoms with Gasteiger partial charge >= 0.3 is 5.97 Å². The Kier molecular flexibility index (Phi) is 4.31. The predicted octanol–water partition coefficient (Wildman–Crippen LogP) is -2.60. The van der Waals surface area contributed by atoms with Crippen LogP contribution < -0.4 is 0 Å². The molecule has 1 fully saturated rings. The molecule has 0 radical (unpaired) electrons. The molecule has 6 N–H and O–H groups in total. The summed E-state index contributed by atoms with van der Waals surface area (Å²) in [5.74, 6) is -3.73. The first-order chi connectivity index (χ1) is 8.12. The van der Waals surface area contributed by atoms with E-state index in [-0.39, 0.29) is 0 Å². The normalized spacial score (nSPS) is 40.2. The number of hydrogen-bond acceptors (Lipinski definition) is 7. The highest BCUT2D eigenvalue weighted by atomic mass is 16.7. The Morgan fingerprint density at radius 2 is 2.00 bits per heavy atom. The van der Waals surface area contributed by atoms with Crippen LogP contribution in [0.4, 0.5) is 0 Å². The lowest BCUT2D eigenvalue weighted by molar-refractivity contribution is -0.377. The van der Waals surface area contributed by atoms with Crippen molar-refractivity contribution < 1.29 is 40.2 Å². The van der Waals surface area contributed by atoms with E-state index in [0.29, 0.717) is 0 Å². The van der Waals surface area contributed by atoms with Crippen molar-refractivity contribution >= 4 is 5.97 Å². The minimum atomic E-state index is -2.54. The molecule has 0 amide bonds. The van der Waals surface area contributed by atoms with Gasteiger partial charge in [-0.05, 0) is 13.3 Å². The number of carboxylic acids is 1. The van der Waals surface area contributed by atoms with Gasteiger partial charge in [-0.25, -0.2) is 0 Å². The van der Waals surface area contributed by atoms with Gasteiger partial charge in [-0.3, -0.25) is 4.79 Å². The van der Waals surface area contributed by atoms with Gasteiger partial charge in [0.05, 0.1) is 6.61 Å². The van der Waals surface area contributed by atoms with E-state index in [2.05, 4.69) is 0 Å². The molecule has 8 heteroatoms. The van der Waals surface area contributed by atoms with E-state index >= 15 is 0 Å². The van der Waals surface area contributed by atoms with Crippen LogP contribution in [0.15, 0.2) is 0 Å². The quantitative estimate of drug-likeness (QED) is 0.324. The van der Waals surface area contributed by atoms with Gasteiger partial charge < -0.3 is 35.4 Å². The number of carboxylic acid groups (broad SMARTS) is 1. The van der Waals surface area contributed by atoms with Crippen LogP contribution >= 0.6 is 0 Å². The summed E-state index contributed by atoms with van der Waals surface area (Å²) >= 11 is 0. The fourth-order valence-electron chi connectivity index (χ4n) is 1.84. The van der Waals surface area contributed by atoms with E-state index in [4.69, 9.17) is 9.84 Å². The van der Waals surface area contributed by atoms with Crippen LogP contribution in [0.3, 0.4) is 0 Å². The van der Waals surface area contributed by atoms with E-state index in [0.717, 1.165) is 6.92 Å². The van der Waals surface area contributed by atoms with Gasteiger partial charge in [0.15, 0.2) is 0 Å². The number of hydrogen-bond donors (Lipinski definition) is 6. The molecule has 0 aromatic carbocycles. The third-order valence-corrected chi connectivity index (χ3v) is 3.19. The second-order valence-electron chi connectivity index (χ2n) is 4.68. The van der Waals surface area contributed by atoms with Gasteiger partial charge in [0.25, 0.3) is 0 Å². The number of rotatable bonds is 4. The van der Waals surface area contributed by atoms with Gasteiger partial charge in [-0.2, -0.15) is 0 Å². The topological polar surface area (TPSA) is 148 Å². The lowest BCUT2D eigenvalue weighted by Crippen LogP contribution is -2.70. The first-order valence-corrected chi connectivity index (χ1v) is 5.46. The SMILES string of the molecule is CC(O)(CCC(=O)O)[C@@]1(O)OC[C@@H](O)[C@H](O)[C@H]1O. The summed E-state index contributed by atoms with van der Waals surface area (Å²) in [6.07, 6.45) is -5.89. The Balaban J connectivity index is 2.87. The van der Waals surface area contributed by atoms with Crippen molar-refractivity contribution in [3.8, 4) is 0 Å². The van der Waals surface area contributed by atoms with Gasteiger partial charge in [0.1, 0.15) is 23.9 Å². The molecule has 1 unspecified atom stereocenters. The number of aliphatic hydroxyl groups excluding tert-OH is 3.